The SMILES string of the molecule is CC(C)N1CCC(c2nc3c(CN)cccn3n2)CC1. The Morgan fingerprint density at radius 2 is 2.10 bits per heavy atom. The largest absolute Gasteiger partial charge is 0.326 e. The smallest absolute Gasteiger partial charge is 0.160 e. The molecule has 0 atom stereocenters. The first-order valence-electron chi connectivity index (χ1n) is 7.47. The van der Waals surface area contributed by atoms with Crippen molar-refractivity contribution >= 4 is 5.65 Å². The van der Waals surface area contributed by atoms with E-state index in [2.05, 4.69) is 23.8 Å². The lowest BCUT2D eigenvalue weighted by atomic mass is 9.95. The molecule has 0 radical (unpaired) electrons. The number of likely N-dealkylation sites (tertiary alicyclic amines) is 1. The molecule has 0 aliphatic carbocycles. The number of piperidine rings is 1. The highest BCUT2D eigenvalue weighted by Crippen LogP contribution is 2.27. The second-order valence-corrected chi connectivity index (χ2v) is 5.88. The number of rotatable bonds is 3. The monoisotopic (exact) mass is 273 g/mol. The van der Waals surface area contributed by atoms with Crippen molar-refractivity contribution in [2.45, 2.75) is 45.2 Å². The molecular formula is C15H23N5. The number of hydrogen-bond donors (Lipinski definition) is 1. The van der Waals surface area contributed by atoms with Gasteiger partial charge in [-0.25, -0.2) is 9.50 Å². The molecule has 108 valence electrons. The summed E-state index contributed by atoms with van der Waals surface area (Å²) >= 11 is 0. The second-order valence-electron chi connectivity index (χ2n) is 5.88. The van der Waals surface area contributed by atoms with Crippen molar-refractivity contribution in [2.75, 3.05) is 13.1 Å². The van der Waals surface area contributed by atoms with E-state index < -0.39 is 0 Å². The second kappa shape index (κ2) is 5.50. The number of aromatic nitrogens is 3. The quantitative estimate of drug-likeness (QED) is 0.926. The zero-order valence-electron chi connectivity index (χ0n) is 12.3. The van der Waals surface area contributed by atoms with Crippen LogP contribution in [0.5, 0.6) is 0 Å². The average Bonchev–Trinajstić information content (AvgIpc) is 2.91. The minimum atomic E-state index is 0.482. The maximum Gasteiger partial charge on any atom is 0.160 e. The highest BCUT2D eigenvalue weighted by Gasteiger charge is 2.25. The van der Waals surface area contributed by atoms with Gasteiger partial charge in [-0.3, -0.25) is 0 Å². The molecule has 1 aliphatic heterocycles. The van der Waals surface area contributed by atoms with E-state index in [0.29, 0.717) is 18.5 Å². The Balaban J connectivity index is 1.81. The van der Waals surface area contributed by atoms with E-state index in [1.165, 1.54) is 0 Å². The molecule has 5 nitrogen and oxygen atoms in total. The molecule has 2 N–H and O–H groups in total. The van der Waals surface area contributed by atoms with E-state index in [0.717, 1.165) is 43.0 Å². The van der Waals surface area contributed by atoms with Gasteiger partial charge in [-0.05, 0) is 45.8 Å². The Labute approximate surface area is 119 Å². The summed E-state index contributed by atoms with van der Waals surface area (Å²) in [5.41, 5.74) is 7.74. The Morgan fingerprint density at radius 1 is 1.35 bits per heavy atom. The fourth-order valence-electron chi connectivity index (χ4n) is 2.98. The van der Waals surface area contributed by atoms with Crippen LogP contribution in [0.1, 0.15) is 44.0 Å². The standard InChI is InChI=1S/C15H23N5/c1-11(2)19-8-5-12(6-9-19)14-17-15-13(10-16)4-3-7-20(15)18-14/h3-4,7,11-12H,5-6,8-10,16H2,1-2H3. The molecule has 1 saturated heterocycles. The van der Waals surface area contributed by atoms with Gasteiger partial charge in [0.25, 0.3) is 0 Å². The minimum Gasteiger partial charge on any atom is -0.326 e. The van der Waals surface area contributed by atoms with Crippen LogP contribution < -0.4 is 5.73 Å². The van der Waals surface area contributed by atoms with Crippen molar-refractivity contribution in [2.24, 2.45) is 5.73 Å². The first-order chi connectivity index (χ1) is 9.69. The summed E-state index contributed by atoms with van der Waals surface area (Å²) in [4.78, 5) is 7.26. The van der Waals surface area contributed by atoms with Gasteiger partial charge in [0.05, 0.1) is 0 Å². The highest BCUT2D eigenvalue weighted by atomic mass is 15.3. The van der Waals surface area contributed by atoms with Gasteiger partial charge >= 0.3 is 0 Å². The van der Waals surface area contributed by atoms with Crippen molar-refractivity contribution in [3.63, 3.8) is 0 Å². The van der Waals surface area contributed by atoms with Crippen LogP contribution in [0.25, 0.3) is 5.65 Å². The molecule has 20 heavy (non-hydrogen) atoms. The molecule has 0 bridgehead atoms. The number of hydrogen-bond acceptors (Lipinski definition) is 4. The van der Waals surface area contributed by atoms with Crippen molar-refractivity contribution < 1.29 is 0 Å². The molecule has 0 aromatic carbocycles. The Hall–Kier alpha value is -1.46. The molecule has 1 aliphatic rings. The Bertz CT molecular complexity index is 581. The molecule has 2 aromatic rings. The zero-order valence-corrected chi connectivity index (χ0v) is 12.3. The maximum atomic E-state index is 5.77. The molecule has 1 fully saturated rings. The topological polar surface area (TPSA) is 59.5 Å². The van der Waals surface area contributed by atoms with Crippen LogP contribution >= 0.6 is 0 Å². The minimum absolute atomic E-state index is 0.482. The van der Waals surface area contributed by atoms with Crippen molar-refractivity contribution in [3.05, 3.63) is 29.7 Å². The van der Waals surface area contributed by atoms with Gasteiger partial charge in [-0.15, -0.1) is 0 Å². The molecule has 0 unspecified atom stereocenters. The third-order valence-electron chi connectivity index (χ3n) is 4.30. The molecule has 5 heteroatoms. The molecule has 3 rings (SSSR count). The number of nitrogens with two attached hydrogens (primary N) is 1. The first-order valence-corrected chi connectivity index (χ1v) is 7.47. The van der Waals surface area contributed by atoms with Gasteiger partial charge < -0.3 is 10.6 Å². The molecular weight excluding hydrogens is 250 g/mol. The van der Waals surface area contributed by atoms with Gasteiger partial charge in [0.2, 0.25) is 0 Å². The summed E-state index contributed by atoms with van der Waals surface area (Å²) < 4.78 is 1.87. The van der Waals surface area contributed by atoms with E-state index in [4.69, 9.17) is 10.7 Å². The average molecular weight is 273 g/mol. The van der Waals surface area contributed by atoms with Crippen LogP contribution in [-0.2, 0) is 6.54 Å². The highest BCUT2D eigenvalue weighted by molar-refractivity contribution is 5.47. The lowest BCUT2D eigenvalue weighted by Gasteiger charge is -2.33. The fourth-order valence-corrected chi connectivity index (χ4v) is 2.98. The third kappa shape index (κ3) is 2.43. The van der Waals surface area contributed by atoms with E-state index in [-0.39, 0.29) is 0 Å². The fraction of sp³-hybridized carbons (Fsp3) is 0.600. The summed E-state index contributed by atoms with van der Waals surface area (Å²) in [6.07, 6.45) is 4.24. The van der Waals surface area contributed by atoms with Crippen molar-refractivity contribution in [3.8, 4) is 0 Å². The predicted octanol–water partition coefficient (Wildman–Crippen LogP) is 1.78. The Morgan fingerprint density at radius 3 is 2.75 bits per heavy atom. The molecule has 2 aromatic heterocycles. The van der Waals surface area contributed by atoms with Crippen LogP contribution in [0, 0.1) is 0 Å². The normalized spacial score (nSPS) is 18.2. The lowest BCUT2D eigenvalue weighted by Crippen LogP contribution is -2.38. The zero-order chi connectivity index (χ0) is 14.1. The van der Waals surface area contributed by atoms with E-state index in [9.17, 15) is 0 Å². The van der Waals surface area contributed by atoms with Crippen LogP contribution in [0.3, 0.4) is 0 Å². The van der Waals surface area contributed by atoms with Crippen molar-refractivity contribution in [1.82, 2.24) is 19.5 Å². The molecule has 0 saturated carbocycles. The van der Waals surface area contributed by atoms with Gasteiger partial charge in [-0.1, -0.05) is 6.07 Å². The number of pyridine rings is 1. The summed E-state index contributed by atoms with van der Waals surface area (Å²) in [5.74, 6) is 1.46. The van der Waals surface area contributed by atoms with Gasteiger partial charge in [-0.2, -0.15) is 5.10 Å². The van der Waals surface area contributed by atoms with Crippen LogP contribution in [0.15, 0.2) is 18.3 Å². The van der Waals surface area contributed by atoms with Gasteiger partial charge in [0.1, 0.15) is 0 Å². The lowest BCUT2D eigenvalue weighted by molar-refractivity contribution is 0.169. The van der Waals surface area contributed by atoms with E-state index in [1.54, 1.807) is 0 Å². The van der Waals surface area contributed by atoms with Crippen LogP contribution in [-0.4, -0.2) is 38.6 Å². The van der Waals surface area contributed by atoms with Crippen molar-refractivity contribution in [1.29, 1.82) is 0 Å². The number of fused-ring (bicyclic) bond motifs is 1. The summed E-state index contributed by atoms with van der Waals surface area (Å²) in [5, 5.41) is 4.65. The van der Waals surface area contributed by atoms with Gasteiger partial charge in [0, 0.05) is 30.3 Å². The predicted molar refractivity (Wildman–Crippen MR) is 79.6 cm³/mol. The van der Waals surface area contributed by atoms with Crippen LogP contribution in [0.4, 0.5) is 0 Å². The van der Waals surface area contributed by atoms with E-state index in [1.807, 2.05) is 22.8 Å². The van der Waals surface area contributed by atoms with E-state index >= 15 is 0 Å². The Kier molecular flexibility index (Phi) is 3.72. The summed E-state index contributed by atoms with van der Waals surface area (Å²) in [7, 11) is 0. The van der Waals surface area contributed by atoms with Gasteiger partial charge in [0.15, 0.2) is 11.5 Å². The third-order valence-corrected chi connectivity index (χ3v) is 4.30. The summed E-state index contributed by atoms with van der Waals surface area (Å²) in [6, 6.07) is 4.64. The summed E-state index contributed by atoms with van der Waals surface area (Å²) in [6.45, 7) is 7.31. The first kappa shape index (κ1) is 13.5. The maximum absolute atomic E-state index is 5.77. The molecule has 3 heterocycles. The molecule has 0 spiro atoms. The molecule has 0 amide bonds. The van der Waals surface area contributed by atoms with Crippen LogP contribution in [0.2, 0.25) is 0 Å². The number of nitrogens with zero attached hydrogens (tertiary/aromatic N) is 4.